The van der Waals surface area contributed by atoms with E-state index in [4.69, 9.17) is 4.74 Å². The molecule has 3 aromatic rings. The topological polar surface area (TPSA) is 61.9 Å². The molecule has 186 valence electrons. The van der Waals surface area contributed by atoms with E-state index in [1.807, 2.05) is 73.8 Å². The largest absolute Gasteiger partial charge is 0.496 e. The molecule has 0 saturated carbocycles. The van der Waals surface area contributed by atoms with E-state index in [9.17, 15) is 9.59 Å². The van der Waals surface area contributed by atoms with E-state index < -0.39 is 0 Å². The van der Waals surface area contributed by atoms with Gasteiger partial charge in [0, 0.05) is 24.5 Å². The molecular weight excluding hydrogens is 538 g/mol. The van der Waals surface area contributed by atoms with Crippen molar-refractivity contribution in [1.82, 2.24) is 10.2 Å². The lowest BCUT2D eigenvalue weighted by atomic mass is 10.2. The molecule has 8 heteroatoms. The molecule has 0 unspecified atom stereocenters. The summed E-state index contributed by atoms with van der Waals surface area (Å²) in [4.78, 5) is 31.5. The maximum atomic E-state index is 13.4. The molecular formula is C28H28BrN3O3S. The average Bonchev–Trinajstić information content (AvgIpc) is 2.87. The van der Waals surface area contributed by atoms with Gasteiger partial charge in [-0.15, -0.1) is 0 Å². The Morgan fingerprint density at radius 3 is 2.61 bits per heavy atom. The first-order valence-electron chi connectivity index (χ1n) is 11.6. The van der Waals surface area contributed by atoms with Gasteiger partial charge in [-0.05, 0) is 64.4 Å². The van der Waals surface area contributed by atoms with E-state index in [0.29, 0.717) is 18.0 Å². The van der Waals surface area contributed by atoms with Gasteiger partial charge in [0.1, 0.15) is 12.3 Å². The number of fused-ring (bicyclic) bond motifs is 1. The minimum Gasteiger partial charge on any atom is -0.496 e. The fourth-order valence-electron chi connectivity index (χ4n) is 3.90. The summed E-state index contributed by atoms with van der Waals surface area (Å²) in [7, 11) is 3.63. The van der Waals surface area contributed by atoms with E-state index in [-0.39, 0.29) is 18.4 Å². The molecule has 6 nitrogen and oxygen atoms in total. The van der Waals surface area contributed by atoms with Crippen LogP contribution in [0.15, 0.2) is 87.1 Å². The Labute approximate surface area is 224 Å². The van der Waals surface area contributed by atoms with Gasteiger partial charge in [-0.2, -0.15) is 0 Å². The number of amides is 2. The summed E-state index contributed by atoms with van der Waals surface area (Å²) in [6.07, 6.45) is 1.84. The van der Waals surface area contributed by atoms with Gasteiger partial charge in [0.2, 0.25) is 5.91 Å². The monoisotopic (exact) mass is 565 g/mol. The summed E-state index contributed by atoms with van der Waals surface area (Å²) in [5.41, 5.74) is 2.84. The van der Waals surface area contributed by atoms with Gasteiger partial charge in [0.05, 0.1) is 22.2 Å². The highest BCUT2D eigenvalue weighted by Gasteiger charge is 2.30. The molecule has 0 fully saturated rings. The van der Waals surface area contributed by atoms with Crippen LogP contribution in [0.5, 0.6) is 5.75 Å². The lowest BCUT2D eigenvalue weighted by Crippen LogP contribution is -2.44. The van der Waals surface area contributed by atoms with Gasteiger partial charge in [-0.25, -0.2) is 0 Å². The number of halogens is 1. The second-order valence-corrected chi connectivity index (χ2v) is 10.4. The molecule has 1 heterocycles. The van der Waals surface area contributed by atoms with E-state index in [2.05, 4.69) is 38.3 Å². The number of ether oxygens (including phenoxy) is 1. The lowest BCUT2D eigenvalue weighted by Gasteiger charge is -2.30. The van der Waals surface area contributed by atoms with Crippen LogP contribution in [0, 0.1) is 0 Å². The molecule has 0 radical (unpaired) electrons. The number of hydrogen-bond donors (Lipinski definition) is 1. The molecule has 1 aliphatic heterocycles. The SMILES string of the molecule is COc1ccc(/C=C2/Sc3ccccc3N(CC(=O)NCCN(C)Cc3ccccc3)C2=O)cc1Br. The zero-order valence-electron chi connectivity index (χ0n) is 20.2. The van der Waals surface area contributed by atoms with Crippen LogP contribution >= 0.6 is 27.7 Å². The number of para-hydroxylation sites is 1. The highest BCUT2D eigenvalue weighted by molar-refractivity contribution is 9.10. The van der Waals surface area contributed by atoms with Gasteiger partial charge >= 0.3 is 0 Å². The summed E-state index contributed by atoms with van der Waals surface area (Å²) >= 11 is 4.91. The standard InChI is InChI=1S/C28H28BrN3O3S/c1-31(18-20-8-4-3-5-9-20)15-14-30-27(33)19-32-23-10-6-7-11-25(23)36-26(28(32)34)17-21-12-13-24(35-2)22(29)16-21/h3-13,16-17H,14-15,18-19H2,1-2H3,(H,30,33)/b26-17+. The van der Waals surface area contributed by atoms with Crippen LogP contribution in [0.3, 0.4) is 0 Å². The van der Waals surface area contributed by atoms with Crippen molar-refractivity contribution in [3.63, 3.8) is 0 Å². The molecule has 0 aliphatic carbocycles. The first-order valence-corrected chi connectivity index (χ1v) is 13.2. The molecule has 0 spiro atoms. The number of carbonyl (C=O) groups is 2. The van der Waals surface area contributed by atoms with Crippen LogP contribution in [-0.2, 0) is 16.1 Å². The smallest absolute Gasteiger partial charge is 0.265 e. The number of anilines is 1. The van der Waals surface area contributed by atoms with Crippen LogP contribution in [0.25, 0.3) is 6.08 Å². The van der Waals surface area contributed by atoms with Crippen molar-refractivity contribution in [3.05, 3.63) is 93.3 Å². The molecule has 0 saturated heterocycles. The van der Waals surface area contributed by atoms with Crippen molar-refractivity contribution in [3.8, 4) is 5.75 Å². The number of nitrogens with zero attached hydrogens (tertiary/aromatic N) is 2. The van der Waals surface area contributed by atoms with Crippen LogP contribution in [0.1, 0.15) is 11.1 Å². The molecule has 0 bridgehead atoms. The number of benzene rings is 3. The van der Waals surface area contributed by atoms with E-state index in [1.165, 1.54) is 17.3 Å². The molecule has 1 aliphatic rings. The summed E-state index contributed by atoms with van der Waals surface area (Å²) in [5.74, 6) is 0.338. The second kappa shape index (κ2) is 12.3. The Bertz CT molecular complexity index is 1270. The first-order chi connectivity index (χ1) is 17.4. The third-order valence-electron chi connectivity index (χ3n) is 5.72. The Hall–Kier alpha value is -3.07. The third-order valence-corrected chi connectivity index (χ3v) is 7.42. The van der Waals surface area contributed by atoms with Crippen LogP contribution in [0.4, 0.5) is 5.69 Å². The maximum absolute atomic E-state index is 13.4. The molecule has 0 aromatic heterocycles. The average molecular weight is 567 g/mol. The summed E-state index contributed by atoms with van der Waals surface area (Å²) in [6, 6.07) is 23.5. The van der Waals surface area contributed by atoms with Crippen LogP contribution in [-0.4, -0.2) is 50.5 Å². The van der Waals surface area contributed by atoms with Gasteiger partial charge in [-0.1, -0.05) is 60.3 Å². The highest BCUT2D eigenvalue weighted by atomic mass is 79.9. The Morgan fingerprint density at radius 1 is 1.11 bits per heavy atom. The number of methoxy groups -OCH3 is 1. The Balaban J connectivity index is 1.42. The van der Waals surface area contributed by atoms with Crippen molar-refractivity contribution in [2.24, 2.45) is 0 Å². The van der Waals surface area contributed by atoms with Gasteiger partial charge in [-0.3, -0.25) is 14.5 Å². The summed E-state index contributed by atoms with van der Waals surface area (Å²) in [5, 5.41) is 2.96. The number of rotatable bonds is 9. The molecule has 4 rings (SSSR count). The first kappa shape index (κ1) is 26.0. The molecule has 0 atom stereocenters. The minimum atomic E-state index is -0.193. The number of carbonyl (C=O) groups excluding carboxylic acids is 2. The lowest BCUT2D eigenvalue weighted by molar-refractivity contribution is -0.122. The third kappa shape index (κ3) is 6.57. The van der Waals surface area contributed by atoms with E-state index in [1.54, 1.807) is 12.0 Å². The summed E-state index contributed by atoms with van der Waals surface area (Å²) < 4.78 is 6.11. The minimum absolute atomic E-state index is 0.0392. The number of nitrogens with one attached hydrogen (secondary N) is 1. The predicted octanol–water partition coefficient (Wildman–Crippen LogP) is 5.19. The normalized spacial score (nSPS) is 14.2. The van der Waals surface area contributed by atoms with Gasteiger partial charge < -0.3 is 15.0 Å². The molecule has 2 amide bonds. The number of likely N-dealkylation sites (N-methyl/N-ethyl adjacent to an activating group) is 1. The molecule has 36 heavy (non-hydrogen) atoms. The highest BCUT2D eigenvalue weighted by Crippen LogP contribution is 2.42. The number of thioether (sulfide) groups is 1. The van der Waals surface area contributed by atoms with E-state index in [0.717, 1.165) is 32.9 Å². The predicted molar refractivity (Wildman–Crippen MR) is 149 cm³/mol. The van der Waals surface area contributed by atoms with Crippen LogP contribution in [0.2, 0.25) is 0 Å². The zero-order chi connectivity index (χ0) is 25.5. The molecule has 1 N–H and O–H groups in total. The quantitative estimate of drug-likeness (QED) is 0.362. The summed E-state index contributed by atoms with van der Waals surface area (Å²) in [6.45, 7) is 1.98. The maximum Gasteiger partial charge on any atom is 0.265 e. The van der Waals surface area contributed by atoms with Gasteiger partial charge in [0.25, 0.3) is 5.91 Å². The van der Waals surface area contributed by atoms with Crippen molar-refractivity contribution < 1.29 is 14.3 Å². The van der Waals surface area contributed by atoms with Gasteiger partial charge in [0.15, 0.2) is 0 Å². The van der Waals surface area contributed by atoms with Crippen molar-refractivity contribution in [2.45, 2.75) is 11.4 Å². The fourth-order valence-corrected chi connectivity index (χ4v) is 5.52. The number of hydrogen-bond acceptors (Lipinski definition) is 5. The Kier molecular flexibility index (Phi) is 8.85. The zero-order valence-corrected chi connectivity index (χ0v) is 22.6. The van der Waals surface area contributed by atoms with Crippen LogP contribution < -0.4 is 15.0 Å². The Morgan fingerprint density at radius 2 is 1.86 bits per heavy atom. The van der Waals surface area contributed by atoms with Crippen molar-refractivity contribution >= 4 is 51.3 Å². The van der Waals surface area contributed by atoms with Crippen molar-refractivity contribution in [2.75, 3.05) is 38.7 Å². The van der Waals surface area contributed by atoms with E-state index >= 15 is 0 Å². The molecule has 3 aromatic carbocycles. The fraction of sp³-hybridized carbons (Fsp3) is 0.214. The second-order valence-electron chi connectivity index (χ2n) is 8.44. The van der Waals surface area contributed by atoms with Crippen molar-refractivity contribution in [1.29, 1.82) is 0 Å².